The van der Waals surface area contributed by atoms with E-state index in [0.717, 1.165) is 29.7 Å². The molecule has 0 bridgehead atoms. The third-order valence-corrected chi connectivity index (χ3v) is 6.02. The largest absolute Gasteiger partial charge is 0.478 e. The second-order valence-corrected chi connectivity index (χ2v) is 8.27. The Balaban J connectivity index is 1.59. The number of carboxylic acid groups (broad SMARTS) is 1. The lowest BCUT2D eigenvalue weighted by Crippen LogP contribution is -2.06. The molecule has 156 valence electrons. The van der Waals surface area contributed by atoms with E-state index >= 15 is 0 Å². The van der Waals surface area contributed by atoms with Crippen molar-refractivity contribution >= 4 is 28.6 Å². The lowest BCUT2D eigenvalue weighted by Gasteiger charge is -2.17. The van der Waals surface area contributed by atoms with Gasteiger partial charge in [-0.15, -0.1) is 0 Å². The molecular formula is C25H21ClN2O3. The summed E-state index contributed by atoms with van der Waals surface area (Å²) < 4.78 is 8.29. The van der Waals surface area contributed by atoms with Crippen molar-refractivity contribution in [3.8, 4) is 22.9 Å². The molecule has 0 unspecified atom stereocenters. The molecule has 5 rings (SSSR count). The molecule has 0 atom stereocenters. The predicted molar refractivity (Wildman–Crippen MR) is 121 cm³/mol. The average Bonchev–Trinajstić information content (AvgIpc) is 3.42. The highest BCUT2D eigenvalue weighted by atomic mass is 35.5. The van der Waals surface area contributed by atoms with Crippen LogP contribution in [0.5, 0.6) is 11.5 Å². The summed E-state index contributed by atoms with van der Waals surface area (Å²) in [6, 6.07) is 20.6. The molecule has 0 aliphatic heterocycles. The van der Waals surface area contributed by atoms with Gasteiger partial charge in [-0.2, -0.15) is 0 Å². The van der Waals surface area contributed by atoms with Crippen molar-refractivity contribution in [3.05, 3.63) is 77.3 Å². The van der Waals surface area contributed by atoms with E-state index in [0.29, 0.717) is 28.1 Å². The van der Waals surface area contributed by atoms with Crippen LogP contribution in [-0.2, 0) is 0 Å². The van der Waals surface area contributed by atoms with Crippen LogP contribution in [0.15, 0.2) is 66.7 Å². The highest BCUT2D eigenvalue weighted by Gasteiger charge is 2.24. The van der Waals surface area contributed by atoms with Crippen LogP contribution >= 0.6 is 11.6 Å². The molecule has 1 saturated carbocycles. The van der Waals surface area contributed by atoms with E-state index in [1.165, 1.54) is 12.8 Å². The Kier molecular flexibility index (Phi) is 5.12. The average molecular weight is 433 g/mol. The van der Waals surface area contributed by atoms with E-state index in [9.17, 15) is 9.90 Å². The Bertz CT molecular complexity index is 1260. The van der Waals surface area contributed by atoms with Gasteiger partial charge in [-0.05, 0) is 67.4 Å². The number of fused-ring (bicyclic) bond motifs is 1. The van der Waals surface area contributed by atoms with E-state index in [4.69, 9.17) is 21.3 Å². The van der Waals surface area contributed by atoms with Gasteiger partial charge in [0, 0.05) is 16.6 Å². The molecule has 1 aromatic heterocycles. The lowest BCUT2D eigenvalue weighted by atomic mass is 10.1. The maximum absolute atomic E-state index is 11.4. The summed E-state index contributed by atoms with van der Waals surface area (Å²) in [5.41, 5.74) is 2.85. The summed E-state index contributed by atoms with van der Waals surface area (Å²) in [5.74, 6) is 1.30. The van der Waals surface area contributed by atoms with Gasteiger partial charge in [-0.3, -0.25) is 0 Å². The van der Waals surface area contributed by atoms with Gasteiger partial charge in [-0.1, -0.05) is 36.6 Å². The summed E-state index contributed by atoms with van der Waals surface area (Å²) >= 11 is 5.97. The molecule has 3 aromatic carbocycles. The van der Waals surface area contributed by atoms with Crippen molar-refractivity contribution in [2.75, 3.05) is 0 Å². The summed E-state index contributed by atoms with van der Waals surface area (Å²) in [6.07, 6.45) is 4.58. The first kappa shape index (κ1) is 19.6. The van der Waals surface area contributed by atoms with Gasteiger partial charge >= 0.3 is 5.97 Å². The Hall–Kier alpha value is -3.31. The van der Waals surface area contributed by atoms with Crippen LogP contribution in [0.1, 0.15) is 42.1 Å². The molecular weight excluding hydrogens is 412 g/mol. The van der Waals surface area contributed by atoms with Gasteiger partial charge in [0.25, 0.3) is 0 Å². The van der Waals surface area contributed by atoms with Crippen LogP contribution in [-0.4, -0.2) is 20.6 Å². The number of rotatable bonds is 5. The van der Waals surface area contributed by atoms with Crippen molar-refractivity contribution in [1.82, 2.24) is 9.55 Å². The summed E-state index contributed by atoms with van der Waals surface area (Å²) in [4.78, 5) is 16.3. The molecule has 5 nitrogen and oxygen atoms in total. The minimum atomic E-state index is -0.947. The molecule has 1 N–H and O–H groups in total. The third kappa shape index (κ3) is 3.89. The molecule has 0 saturated heterocycles. The van der Waals surface area contributed by atoms with Gasteiger partial charge in [-0.25, -0.2) is 9.78 Å². The molecule has 0 spiro atoms. The van der Waals surface area contributed by atoms with Crippen molar-refractivity contribution < 1.29 is 14.6 Å². The zero-order chi connectivity index (χ0) is 21.4. The number of halogens is 1. The lowest BCUT2D eigenvalue weighted by molar-refractivity contribution is 0.0697. The van der Waals surface area contributed by atoms with E-state index < -0.39 is 5.97 Å². The minimum absolute atomic E-state index is 0.245. The number of aromatic nitrogens is 2. The smallest absolute Gasteiger partial charge is 0.335 e. The number of nitrogens with zero attached hydrogens (tertiary/aromatic N) is 2. The minimum Gasteiger partial charge on any atom is -0.478 e. The molecule has 1 aliphatic carbocycles. The van der Waals surface area contributed by atoms with Gasteiger partial charge < -0.3 is 14.4 Å². The topological polar surface area (TPSA) is 64.3 Å². The van der Waals surface area contributed by atoms with Gasteiger partial charge in [0.15, 0.2) is 0 Å². The molecule has 6 heteroatoms. The fourth-order valence-corrected chi connectivity index (χ4v) is 4.43. The highest BCUT2D eigenvalue weighted by Crippen LogP contribution is 2.38. The van der Waals surface area contributed by atoms with Crippen LogP contribution in [0, 0.1) is 0 Å². The van der Waals surface area contributed by atoms with Crippen LogP contribution in [0.25, 0.3) is 22.4 Å². The molecule has 4 aromatic rings. The fraction of sp³-hybridized carbons (Fsp3) is 0.200. The van der Waals surface area contributed by atoms with Gasteiger partial charge in [0.2, 0.25) is 0 Å². The first-order chi connectivity index (χ1) is 15.1. The van der Waals surface area contributed by atoms with Crippen LogP contribution in [0.3, 0.4) is 0 Å². The number of aromatic carboxylic acids is 1. The van der Waals surface area contributed by atoms with E-state index in [2.05, 4.69) is 4.57 Å². The summed E-state index contributed by atoms with van der Waals surface area (Å²) in [7, 11) is 0. The van der Waals surface area contributed by atoms with E-state index in [-0.39, 0.29) is 5.56 Å². The Morgan fingerprint density at radius 1 is 1.00 bits per heavy atom. The second-order valence-electron chi connectivity index (χ2n) is 7.84. The first-order valence-electron chi connectivity index (χ1n) is 10.4. The number of ether oxygens (including phenoxy) is 1. The summed E-state index contributed by atoms with van der Waals surface area (Å²) in [5, 5.41) is 10.0. The number of hydrogen-bond donors (Lipinski definition) is 1. The standard InChI is InChI=1S/C25H21ClN2O3/c26-18-9-11-20(12-10-18)31-21-7-3-4-16(14-21)24-27-22-15-17(25(29)30)8-13-23(22)28(24)19-5-1-2-6-19/h3-4,7-15,19H,1-2,5-6H2,(H,29,30). The third-order valence-electron chi connectivity index (χ3n) is 5.77. The van der Waals surface area contributed by atoms with Crippen LogP contribution in [0.2, 0.25) is 5.02 Å². The van der Waals surface area contributed by atoms with Gasteiger partial charge in [0.1, 0.15) is 17.3 Å². The number of benzene rings is 3. The van der Waals surface area contributed by atoms with Gasteiger partial charge in [0.05, 0.1) is 16.6 Å². The molecule has 1 aliphatic rings. The maximum Gasteiger partial charge on any atom is 0.335 e. The van der Waals surface area contributed by atoms with E-state index in [1.54, 1.807) is 24.3 Å². The second kappa shape index (κ2) is 8.08. The number of carboxylic acids is 1. The molecule has 31 heavy (non-hydrogen) atoms. The number of carbonyl (C=O) groups is 1. The van der Waals surface area contributed by atoms with Crippen LogP contribution in [0.4, 0.5) is 0 Å². The SMILES string of the molecule is O=C(O)c1ccc2c(c1)nc(-c1cccc(Oc3ccc(Cl)cc3)c1)n2C1CCCC1. The molecule has 1 heterocycles. The quantitative estimate of drug-likeness (QED) is 0.370. The number of hydrogen-bond acceptors (Lipinski definition) is 3. The van der Waals surface area contributed by atoms with Crippen molar-refractivity contribution in [2.24, 2.45) is 0 Å². The summed E-state index contributed by atoms with van der Waals surface area (Å²) in [6.45, 7) is 0. The van der Waals surface area contributed by atoms with Crippen LogP contribution < -0.4 is 4.74 Å². The normalized spacial score (nSPS) is 14.2. The fourth-order valence-electron chi connectivity index (χ4n) is 4.30. The predicted octanol–water partition coefficient (Wildman–Crippen LogP) is 6.96. The Morgan fingerprint density at radius 2 is 1.77 bits per heavy atom. The first-order valence-corrected chi connectivity index (χ1v) is 10.8. The maximum atomic E-state index is 11.4. The molecule has 0 radical (unpaired) electrons. The molecule has 0 amide bonds. The zero-order valence-corrected chi connectivity index (χ0v) is 17.5. The Labute approximate surface area is 184 Å². The van der Waals surface area contributed by atoms with Crippen molar-refractivity contribution in [1.29, 1.82) is 0 Å². The molecule has 1 fully saturated rings. The number of imidazole rings is 1. The van der Waals surface area contributed by atoms with Crippen molar-refractivity contribution in [2.45, 2.75) is 31.7 Å². The Morgan fingerprint density at radius 3 is 2.52 bits per heavy atom. The van der Waals surface area contributed by atoms with Crippen molar-refractivity contribution in [3.63, 3.8) is 0 Å². The van der Waals surface area contributed by atoms with E-state index in [1.807, 2.05) is 42.5 Å². The zero-order valence-electron chi connectivity index (χ0n) is 16.8. The highest BCUT2D eigenvalue weighted by molar-refractivity contribution is 6.30. The monoisotopic (exact) mass is 432 g/mol.